The van der Waals surface area contributed by atoms with Gasteiger partial charge in [-0.05, 0) is 43.5 Å². The van der Waals surface area contributed by atoms with Crippen molar-refractivity contribution in [1.82, 2.24) is 10.2 Å². The molecule has 0 heterocycles. The number of carbonyl (C=O) groups excluding carboxylic acids is 2. The molecule has 0 bridgehead atoms. The van der Waals surface area contributed by atoms with Gasteiger partial charge in [-0.2, -0.15) is 0 Å². The van der Waals surface area contributed by atoms with Gasteiger partial charge in [0, 0.05) is 24.5 Å². The van der Waals surface area contributed by atoms with Crippen molar-refractivity contribution in [2.24, 2.45) is 0 Å². The molecule has 0 aromatic heterocycles. The van der Waals surface area contributed by atoms with Crippen LogP contribution in [0.3, 0.4) is 0 Å². The summed E-state index contributed by atoms with van der Waals surface area (Å²) in [5.41, 5.74) is 2.05. The molecule has 1 N–H and O–H groups in total. The van der Waals surface area contributed by atoms with E-state index in [-0.39, 0.29) is 11.8 Å². The summed E-state index contributed by atoms with van der Waals surface area (Å²) in [6.45, 7) is 4.55. The molecule has 26 heavy (non-hydrogen) atoms. The predicted molar refractivity (Wildman–Crippen MR) is 105 cm³/mol. The van der Waals surface area contributed by atoms with E-state index in [1.54, 1.807) is 24.0 Å². The van der Waals surface area contributed by atoms with Crippen LogP contribution in [0.25, 0.3) is 0 Å². The smallest absolute Gasteiger partial charge is 0.242 e. The van der Waals surface area contributed by atoms with Gasteiger partial charge in [0.05, 0.1) is 0 Å². The number of nitrogens with one attached hydrogen (secondary N) is 1. The van der Waals surface area contributed by atoms with Gasteiger partial charge >= 0.3 is 0 Å². The van der Waals surface area contributed by atoms with Crippen LogP contribution in [0.5, 0.6) is 0 Å². The molecule has 0 fully saturated rings. The Labute approximate surface area is 160 Å². The molecule has 2 amide bonds. The summed E-state index contributed by atoms with van der Waals surface area (Å²) < 4.78 is 0. The van der Waals surface area contributed by atoms with E-state index in [4.69, 9.17) is 11.6 Å². The number of hydrogen-bond acceptors (Lipinski definition) is 2. The lowest BCUT2D eigenvalue weighted by Crippen LogP contribution is -2.47. The minimum atomic E-state index is -0.533. The number of amides is 2. The molecule has 2 rings (SSSR count). The molecule has 0 spiro atoms. The SMILES string of the molecule is CCNC(=O)C(C)N(Cc1ccc(Cl)cc1)C(=O)CCc1ccccc1. The average Bonchev–Trinajstić information content (AvgIpc) is 2.66. The third-order valence-corrected chi connectivity index (χ3v) is 4.51. The fourth-order valence-electron chi connectivity index (χ4n) is 2.73. The van der Waals surface area contributed by atoms with Crippen LogP contribution in [-0.4, -0.2) is 29.3 Å². The molecule has 5 heteroatoms. The molecule has 0 saturated carbocycles. The second-order valence-electron chi connectivity index (χ2n) is 6.20. The number of aryl methyl sites for hydroxylation is 1. The lowest BCUT2D eigenvalue weighted by molar-refractivity contribution is -0.140. The van der Waals surface area contributed by atoms with Crippen molar-refractivity contribution in [3.63, 3.8) is 0 Å². The van der Waals surface area contributed by atoms with Gasteiger partial charge in [-0.3, -0.25) is 9.59 Å². The number of hydrogen-bond donors (Lipinski definition) is 1. The van der Waals surface area contributed by atoms with Crippen molar-refractivity contribution in [2.45, 2.75) is 39.3 Å². The van der Waals surface area contributed by atoms with Crippen molar-refractivity contribution in [3.05, 3.63) is 70.7 Å². The summed E-state index contributed by atoms with van der Waals surface area (Å²) in [5, 5.41) is 3.44. The molecule has 2 aromatic carbocycles. The van der Waals surface area contributed by atoms with Gasteiger partial charge < -0.3 is 10.2 Å². The van der Waals surface area contributed by atoms with E-state index in [2.05, 4.69) is 5.32 Å². The molecule has 0 aliphatic rings. The molecule has 1 unspecified atom stereocenters. The fourth-order valence-corrected chi connectivity index (χ4v) is 2.86. The Morgan fingerprint density at radius 2 is 1.69 bits per heavy atom. The normalized spacial score (nSPS) is 11.7. The topological polar surface area (TPSA) is 49.4 Å². The zero-order valence-corrected chi connectivity index (χ0v) is 16.0. The number of nitrogens with zero attached hydrogens (tertiary/aromatic N) is 1. The zero-order chi connectivity index (χ0) is 18.9. The molecule has 0 aliphatic heterocycles. The number of halogens is 1. The molecule has 138 valence electrons. The van der Waals surface area contributed by atoms with Gasteiger partial charge in [0.1, 0.15) is 6.04 Å². The summed E-state index contributed by atoms with van der Waals surface area (Å²) in [6.07, 6.45) is 1.01. The standard InChI is InChI=1S/C21H25ClN2O2/c1-3-23-21(26)16(2)24(15-18-9-12-19(22)13-10-18)20(25)14-11-17-7-5-4-6-8-17/h4-10,12-13,16H,3,11,14-15H2,1-2H3,(H,23,26). The second-order valence-corrected chi connectivity index (χ2v) is 6.64. The Bertz CT molecular complexity index is 717. The molecular weight excluding hydrogens is 348 g/mol. The van der Waals surface area contributed by atoms with Crippen LogP contribution in [0, 0.1) is 0 Å². The van der Waals surface area contributed by atoms with E-state index < -0.39 is 6.04 Å². The number of likely N-dealkylation sites (N-methyl/N-ethyl adjacent to an activating group) is 1. The summed E-state index contributed by atoms with van der Waals surface area (Å²) in [6, 6.07) is 16.7. The van der Waals surface area contributed by atoms with Crippen LogP contribution in [-0.2, 0) is 22.6 Å². The summed E-state index contributed by atoms with van der Waals surface area (Å²) in [4.78, 5) is 26.8. The van der Waals surface area contributed by atoms with Crippen LogP contribution in [0.4, 0.5) is 0 Å². The molecule has 0 aliphatic carbocycles. The highest BCUT2D eigenvalue weighted by Crippen LogP contribution is 2.15. The summed E-state index contributed by atoms with van der Waals surface area (Å²) >= 11 is 5.94. The van der Waals surface area contributed by atoms with Crippen LogP contribution in [0.2, 0.25) is 5.02 Å². The van der Waals surface area contributed by atoms with E-state index in [0.29, 0.717) is 31.0 Å². The van der Waals surface area contributed by atoms with Gasteiger partial charge in [-0.15, -0.1) is 0 Å². The Morgan fingerprint density at radius 3 is 2.31 bits per heavy atom. The van der Waals surface area contributed by atoms with E-state index in [0.717, 1.165) is 11.1 Å². The lowest BCUT2D eigenvalue weighted by atomic mass is 10.1. The molecule has 2 aromatic rings. The maximum atomic E-state index is 12.9. The van der Waals surface area contributed by atoms with Crippen molar-refractivity contribution < 1.29 is 9.59 Å². The van der Waals surface area contributed by atoms with Gasteiger partial charge in [0.15, 0.2) is 0 Å². The van der Waals surface area contributed by atoms with Gasteiger partial charge in [-0.1, -0.05) is 54.1 Å². The monoisotopic (exact) mass is 372 g/mol. The maximum absolute atomic E-state index is 12.9. The first-order chi connectivity index (χ1) is 12.5. The van der Waals surface area contributed by atoms with Crippen molar-refractivity contribution in [3.8, 4) is 0 Å². The highest BCUT2D eigenvalue weighted by molar-refractivity contribution is 6.30. The highest BCUT2D eigenvalue weighted by Gasteiger charge is 2.25. The van der Waals surface area contributed by atoms with Crippen LogP contribution >= 0.6 is 11.6 Å². The molecule has 0 saturated heterocycles. The fraction of sp³-hybridized carbons (Fsp3) is 0.333. The maximum Gasteiger partial charge on any atom is 0.242 e. The van der Waals surface area contributed by atoms with Crippen molar-refractivity contribution >= 4 is 23.4 Å². The van der Waals surface area contributed by atoms with Gasteiger partial charge in [0.2, 0.25) is 11.8 Å². The van der Waals surface area contributed by atoms with Crippen LogP contribution in [0.1, 0.15) is 31.4 Å². The first kappa shape index (κ1) is 20.0. The summed E-state index contributed by atoms with van der Waals surface area (Å²) in [5.74, 6) is -0.183. The first-order valence-corrected chi connectivity index (χ1v) is 9.24. The molecule has 4 nitrogen and oxygen atoms in total. The zero-order valence-electron chi connectivity index (χ0n) is 15.2. The molecule has 1 atom stereocenters. The van der Waals surface area contributed by atoms with Crippen LogP contribution < -0.4 is 5.32 Å². The highest BCUT2D eigenvalue weighted by atomic mass is 35.5. The van der Waals surface area contributed by atoms with Crippen LogP contribution in [0.15, 0.2) is 54.6 Å². The number of rotatable bonds is 8. The largest absolute Gasteiger partial charge is 0.355 e. The summed E-state index contributed by atoms with van der Waals surface area (Å²) in [7, 11) is 0. The predicted octanol–water partition coefficient (Wildman–Crippen LogP) is 3.83. The molecular formula is C21H25ClN2O2. The average molecular weight is 373 g/mol. The van der Waals surface area contributed by atoms with Gasteiger partial charge in [-0.25, -0.2) is 0 Å². The minimum absolute atomic E-state index is 0.0393. The Morgan fingerprint density at radius 1 is 1.04 bits per heavy atom. The number of benzene rings is 2. The minimum Gasteiger partial charge on any atom is -0.355 e. The lowest BCUT2D eigenvalue weighted by Gasteiger charge is -2.29. The van der Waals surface area contributed by atoms with E-state index in [1.165, 1.54) is 0 Å². The quantitative estimate of drug-likeness (QED) is 0.765. The molecule has 0 radical (unpaired) electrons. The Balaban J connectivity index is 2.11. The van der Waals surface area contributed by atoms with Crippen molar-refractivity contribution in [2.75, 3.05) is 6.54 Å². The third kappa shape index (κ3) is 5.88. The third-order valence-electron chi connectivity index (χ3n) is 4.25. The first-order valence-electron chi connectivity index (χ1n) is 8.86. The second kappa shape index (κ2) is 9.97. The van der Waals surface area contributed by atoms with E-state index >= 15 is 0 Å². The Kier molecular flexibility index (Phi) is 7.67. The van der Waals surface area contributed by atoms with Crippen molar-refractivity contribution in [1.29, 1.82) is 0 Å². The van der Waals surface area contributed by atoms with E-state index in [1.807, 2.05) is 49.4 Å². The Hall–Kier alpha value is -2.33. The van der Waals surface area contributed by atoms with Gasteiger partial charge in [0.25, 0.3) is 0 Å². The number of carbonyl (C=O) groups is 2. The van der Waals surface area contributed by atoms with E-state index in [9.17, 15) is 9.59 Å².